The van der Waals surface area contributed by atoms with E-state index in [1.54, 1.807) is 16.8 Å². The molecule has 1 atom stereocenters. The van der Waals surface area contributed by atoms with Crippen LogP contribution in [0.2, 0.25) is 0 Å². The molecule has 0 saturated carbocycles. The second-order valence-corrected chi connectivity index (χ2v) is 6.93. The van der Waals surface area contributed by atoms with Gasteiger partial charge in [-0.15, -0.1) is 0 Å². The molecule has 0 fully saturated rings. The molecule has 1 aliphatic rings. The standard InChI is InChI=1S/C20H15F3N6O/c21-20(22,23)16-8-11-27(18-7-10-25-29(16)18)19(30)14-12-17-24-9-6-15(28(17)26-14)13-4-2-1-3-5-13/h1-7,9-10,12,16H,8,11H2. The van der Waals surface area contributed by atoms with Crippen LogP contribution in [0.15, 0.2) is 60.9 Å². The molecule has 4 aromatic rings. The average molecular weight is 412 g/mol. The smallest absolute Gasteiger partial charge is 0.291 e. The summed E-state index contributed by atoms with van der Waals surface area (Å²) in [6.07, 6.45) is -1.83. The van der Waals surface area contributed by atoms with Crippen LogP contribution in [0.3, 0.4) is 0 Å². The van der Waals surface area contributed by atoms with Gasteiger partial charge in [-0.05, 0) is 12.5 Å². The molecular formula is C20H15F3N6O. The first-order valence-electron chi connectivity index (χ1n) is 9.26. The van der Waals surface area contributed by atoms with Crippen molar-refractivity contribution < 1.29 is 18.0 Å². The van der Waals surface area contributed by atoms with Gasteiger partial charge in [0.05, 0.1) is 11.9 Å². The van der Waals surface area contributed by atoms with Gasteiger partial charge in [-0.25, -0.2) is 14.2 Å². The SMILES string of the molecule is O=C(c1cc2nccc(-c3ccccc3)n2n1)N1CCC(C(F)(F)F)n2nccc21. The Morgan fingerprint density at radius 1 is 1.07 bits per heavy atom. The Morgan fingerprint density at radius 2 is 1.87 bits per heavy atom. The lowest BCUT2D eigenvalue weighted by Gasteiger charge is -2.33. The summed E-state index contributed by atoms with van der Waals surface area (Å²) in [4.78, 5) is 18.7. The van der Waals surface area contributed by atoms with E-state index in [1.807, 2.05) is 30.3 Å². The van der Waals surface area contributed by atoms with Gasteiger partial charge >= 0.3 is 6.18 Å². The third-order valence-corrected chi connectivity index (χ3v) is 5.12. The minimum absolute atomic E-state index is 0.0818. The van der Waals surface area contributed by atoms with Crippen molar-refractivity contribution in [1.82, 2.24) is 24.4 Å². The van der Waals surface area contributed by atoms with Gasteiger partial charge in [0.15, 0.2) is 17.4 Å². The molecule has 1 unspecified atom stereocenters. The first-order chi connectivity index (χ1) is 14.4. The van der Waals surface area contributed by atoms with Crippen molar-refractivity contribution in [3.05, 3.63) is 66.6 Å². The van der Waals surface area contributed by atoms with E-state index in [2.05, 4.69) is 15.2 Å². The predicted octanol–water partition coefficient (Wildman–Crippen LogP) is 3.75. The molecule has 152 valence electrons. The van der Waals surface area contributed by atoms with Gasteiger partial charge in [-0.2, -0.15) is 23.4 Å². The number of fused-ring (bicyclic) bond motifs is 2. The molecule has 0 spiro atoms. The van der Waals surface area contributed by atoms with E-state index in [1.165, 1.54) is 23.2 Å². The first kappa shape index (κ1) is 18.3. The van der Waals surface area contributed by atoms with Crippen LogP contribution >= 0.6 is 0 Å². The molecule has 30 heavy (non-hydrogen) atoms. The quantitative estimate of drug-likeness (QED) is 0.503. The zero-order chi connectivity index (χ0) is 20.9. The van der Waals surface area contributed by atoms with E-state index in [0.29, 0.717) is 5.65 Å². The Kier molecular flexibility index (Phi) is 4.09. The number of anilines is 1. The summed E-state index contributed by atoms with van der Waals surface area (Å²) in [6, 6.07) is 12.5. The Balaban J connectivity index is 1.53. The van der Waals surface area contributed by atoms with E-state index in [-0.39, 0.29) is 24.5 Å². The van der Waals surface area contributed by atoms with E-state index in [9.17, 15) is 18.0 Å². The molecule has 1 aromatic carbocycles. The Morgan fingerprint density at radius 3 is 2.63 bits per heavy atom. The molecule has 0 saturated heterocycles. The minimum atomic E-state index is -4.44. The molecule has 0 N–H and O–H groups in total. The topological polar surface area (TPSA) is 68.3 Å². The summed E-state index contributed by atoms with van der Waals surface area (Å²) >= 11 is 0. The fraction of sp³-hybridized carbons (Fsp3) is 0.200. The van der Waals surface area contributed by atoms with Crippen LogP contribution < -0.4 is 4.90 Å². The lowest BCUT2D eigenvalue weighted by atomic mass is 10.1. The molecule has 10 heteroatoms. The van der Waals surface area contributed by atoms with Crippen LogP contribution in [0.25, 0.3) is 16.9 Å². The molecular weight excluding hydrogens is 397 g/mol. The molecule has 3 aromatic heterocycles. The normalized spacial score (nSPS) is 16.6. The fourth-order valence-electron chi connectivity index (χ4n) is 3.72. The number of rotatable bonds is 2. The second-order valence-electron chi connectivity index (χ2n) is 6.93. The van der Waals surface area contributed by atoms with Crippen molar-refractivity contribution in [2.75, 3.05) is 11.4 Å². The summed E-state index contributed by atoms with van der Waals surface area (Å²) in [7, 11) is 0. The number of hydrogen-bond acceptors (Lipinski definition) is 4. The number of alkyl halides is 3. The Labute approximate surface area is 168 Å². The highest BCUT2D eigenvalue weighted by molar-refractivity contribution is 6.05. The van der Waals surface area contributed by atoms with Crippen LogP contribution in [-0.2, 0) is 0 Å². The number of amides is 1. The minimum Gasteiger partial charge on any atom is -0.291 e. The average Bonchev–Trinajstić information content (AvgIpc) is 3.39. The van der Waals surface area contributed by atoms with E-state index >= 15 is 0 Å². The molecule has 0 aliphatic carbocycles. The number of nitrogens with zero attached hydrogens (tertiary/aromatic N) is 6. The van der Waals surface area contributed by atoms with Gasteiger partial charge in [0.1, 0.15) is 5.82 Å². The third kappa shape index (κ3) is 2.92. The highest BCUT2D eigenvalue weighted by atomic mass is 19.4. The van der Waals surface area contributed by atoms with Gasteiger partial charge in [0, 0.05) is 30.4 Å². The summed E-state index contributed by atoms with van der Waals surface area (Å²) < 4.78 is 42.3. The lowest BCUT2D eigenvalue weighted by Crippen LogP contribution is -2.43. The number of hydrogen-bond donors (Lipinski definition) is 0. The summed E-state index contributed by atoms with van der Waals surface area (Å²) in [5.41, 5.74) is 2.22. The molecule has 0 radical (unpaired) electrons. The van der Waals surface area contributed by atoms with Crippen molar-refractivity contribution >= 4 is 17.4 Å². The molecule has 4 heterocycles. The third-order valence-electron chi connectivity index (χ3n) is 5.12. The van der Waals surface area contributed by atoms with Crippen LogP contribution in [-0.4, -0.2) is 43.0 Å². The van der Waals surface area contributed by atoms with Crippen LogP contribution in [0.4, 0.5) is 19.0 Å². The highest BCUT2D eigenvalue weighted by Crippen LogP contribution is 2.39. The van der Waals surface area contributed by atoms with Crippen molar-refractivity contribution in [2.24, 2.45) is 0 Å². The van der Waals surface area contributed by atoms with Crippen LogP contribution in [0.1, 0.15) is 23.0 Å². The molecule has 0 bridgehead atoms. The van der Waals surface area contributed by atoms with Crippen LogP contribution in [0.5, 0.6) is 0 Å². The maximum absolute atomic E-state index is 13.3. The highest BCUT2D eigenvalue weighted by Gasteiger charge is 2.46. The van der Waals surface area contributed by atoms with Gasteiger partial charge < -0.3 is 0 Å². The van der Waals surface area contributed by atoms with Crippen molar-refractivity contribution in [1.29, 1.82) is 0 Å². The monoisotopic (exact) mass is 412 g/mol. The number of halogens is 3. The number of benzene rings is 1. The maximum atomic E-state index is 13.3. The fourth-order valence-corrected chi connectivity index (χ4v) is 3.72. The number of carbonyl (C=O) groups excluding carboxylic acids is 1. The van der Waals surface area contributed by atoms with Gasteiger partial charge in [-0.3, -0.25) is 9.69 Å². The second kappa shape index (κ2) is 6.68. The zero-order valence-electron chi connectivity index (χ0n) is 15.5. The predicted molar refractivity (Wildman–Crippen MR) is 102 cm³/mol. The van der Waals surface area contributed by atoms with Gasteiger partial charge in [0.2, 0.25) is 0 Å². The molecule has 1 aliphatic heterocycles. The molecule has 5 rings (SSSR count). The first-order valence-corrected chi connectivity index (χ1v) is 9.26. The van der Waals surface area contributed by atoms with Crippen molar-refractivity contribution in [3.63, 3.8) is 0 Å². The van der Waals surface area contributed by atoms with E-state index < -0.39 is 18.1 Å². The molecule has 7 nitrogen and oxygen atoms in total. The van der Waals surface area contributed by atoms with Crippen molar-refractivity contribution in [2.45, 2.75) is 18.6 Å². The van der Waals surface area contributed by atoms with Crippen molar-refractivity contribution in [3.8, 4) is 11.3 Å². The Bertz CT molecular complexity index is 1230. The van der Waals surface area contributed by atoms with E-state index in [4.69, 9.17) is 0 Å². The maximum Gasteiger partial charge on any atom is 0.410 e. The van der Waals surface area contributed by atoms with E-state index in [0.717, 1.165) is 15.9 Å². The van der Waals surface area contributed by atoms with Gasteiger partial charge in [0.25, 0.3) is 5.91 Å². The van der Waals surface area contributed by atoms with Crippen LogP contribution in [0, 0.1) is 0 Å². The molecule has 1 amide bonds. The summed E-state index contributed by atoms with van der Waals surface area (Å²) in [5, 5.41) is 8.19. The summed E-state index contributed by atoms with van der Waals surface area (Å²) in [6.45, 7) is -0.0818. The number of aromatic nitrogens is 5. The summed E-state index contributed by atoms with van der Waals surface area (Å²) in [5.74, 6) is -0.399. The lowest BCUT2D eigenvalue weighted by molar-refractivity contribution is -0.172. The Hall–Kier alpha value is -3.69. The zero-order valence-corrected chi connectivity index (χ0v) is 15.5. The van der Waals surface area contributed by atoms with Gasteiger partial charge in [-0.1, -0.05) is 30.3 Å². The largest absolute Gasteiger partial charge is 0.410 e. The number of carbonyl (C=O) groups is 1.